The predicted molar refractivity (Wildman–Crippen MR) is 54.1 cm³/mol. The first-order valence-corrected chi connectivity index (χ1v) is 5.83. The molecule has 5 heteroatoms. The lowest BCUT2D eigenvalue weighted by Gasteiger charge is -2.28. The Morgan fingerprint density at radius 2 is 1.88 bits per heavy atom. The minimum Gasteiger partial charge on any atom is -0.393 e. The van der Waals surface area contributed by atoms with Gasteiger partial charge in [-0.05, 0) is 25.7 Å². The third-order valence-corrected chi connectivity index (χ3v) is 3.53. The molecule has 0 unspecified atom stereocenters. The summed E-state index contributed by atoms with van der Waals surface area (Å²) in [6.07, 6.45) is 1.95. The van der Waals surface area contributed by atoms with Crippen LogP contribution in [0, 0.1) is 5.92 Å². The van der Waals surface area contributed by atoms with E-state index < -0.39 is 12.5 Å². The lowest BCUT2D eigenvalue weighted by atomic mass is 9.86. The molecule has 0 bridgehead atoms. The van der Waals surface area contributed by atoms with E-state index in [1.165, 1.54) is 4.90 Å². The van der Waals surface area contributed by atoms with E-state index in [1.54, 1.807) is 0 Å². The first-order valence-electron chi connectivity index (χ1n) is 5.83. The van der Waals surface area contributed by atoms with Crippen molar-refractivity contribution in [2.24, 2.45) is 5.92 Å². The standard InChI is InChI=1S/C11H17F2NO2/c12-11(13)5-6-14(7-11)10(16)8-1-3-9(15)4-2-8/h8-9,15H,1-7H2. The van der Waals surface area contributed by atoms with Gasteiger partial charge < -0.3 is 10.0 Å². The average Bonchev–Trinajstić information content (AvgIpc) is 2.59. The van der Waals surface area contributed by atoms with Crippen LogP contribution in [0.25, 0.3) is 0 Å². The van der Waals surface area contributed by atoms with E-state index in [4.69, 9.17) is 0 Å². The van der Waals surface area contributed by atoms with Gasteiger partial charge in [-0.25, -0.2) is 8.78 Å². The molecule has 0 aromatic heterocycles. The summed E-state index contributed by atoms with van der Waals surface area (Å²) in [4.78, 5) is 13.2. The molecule has 2 aliphatic rings. The molecule has 92 valence electrons. The molecule has 0 atom stereocenters. The van der Waals surface area contributed by atoms with E-state index >= 15 is 0 Å². The fourth-order valence-electron chi connectivity index (χ4n) is 2.50. The molecule has 0 aromatic rings. The van der Waals surface area contributed by atoms with E-state index in [2.05, 4.69) is 0 Å². The fourth-order valence-corrected chi connectivity index (χ4v) is 2.50. The van der Waals surface area contributed by atoms with Crippen molar-refractivity contribution in [2.45, 2.75) is 44.1 Å². The summed E-state index contributed by atoms with van der Waals surface area (Å²) in [5, 5.41) is 9.31. The summed E-state index contributed by atoms with van der Waals surface area (Å²) >= 11 is 0. The van der Waals surface area contributed by atoms with Crippen LogP contribution in [0.15, 0.2) is 0 Å². The minimum atomic E-state index is -2.70. The van der Waals surface area contributed by atoms with Gasteiger partial charge in [0.25, 0.3) is 5.92 Å². The van der Waals surface area contributed by atoms with Gasteiger partial charge >= 0.3 is 0 Å². The maximum Gasteiger partial charge on any atom is 0.267 e. The number of halogens is 2. The van der Waals surface area contributed by atoms with Crippen molar-refractivity contribution >= 4 is 5.91 Å². The SMILES string of the molecule is O=C(C1CCC(O)CC1)N1CCC(F)(F)C1. The third kappa shape index (κ3) is 2.51. The minimum absolute atomic E-state index is 0.149. The molecular weight excluding hydrogens is 216 g/mol. The van der Waals surface area contributed by atoms with Crippen LogP contribution in [0.5, 0.6) is 0 Å². The first kappa shape index (κ1) is 11.8. The zero-order valence-electron chi connectivity index (χ0n) is 9.16. The van der Waals surface area contributed by atoms with Gasteiger partial charge in [0.05, 0.1) is 12.6 Å². The lowest BCUT2D eigenvalue weighted by Crippen LogP contribution is -2.38. The van der Waals surface area contributed by atoms with Crippen molar-refractivity contribution in [2.75, 3.05) is 13.1 Å². The highest BCUT2D eigenvalue weighted by molar-refractivity contribution is 5.79. The van der Waals surface area contributed by atoms with Gasteiger partial charge in [-0.1, -0.05) is 0 Å². The maximum atomic E-state index is 13.0. The normalized spacial score (nSPS) is 34.1. The van der Waals surface area contributed by atoms with Crippen molar-refractivity contribution in [3.05, 3.63) is 0 Å². The van der Waals surface area contributed by atoms with Crippen LogP contribution in [0.2, 0.25) is 0 Å². The Labute approximate surface area is 93.4 Å². The van der Waals surface area contributed by atoms with Crippen LogP contribution < -0.4 is 0 Å². The molecule has 1 saturated heterocycles. The summed E-state index contributed by atoms with van der Waals surface area (Å²) < 4.78 is 25.9. The van der Waals surface area contributed by atoms with Crippen molar-refractivity contribution in [1.82, 2.24) is 4.90 Å². The summed E-state index contributed by atoms with van der Waals surface area (Å²) in [7, 11) is 0. The summed E-state index contributed by atoms with van der Waals surface area (Å²) in [6, 6.07) is 0. The second-order valence-corrected chi connectivity index (χ2v) is 4.87. The Bertz CT molecular complexity index is 275. The molecule has 1 aliphatic carbocycles. The molecule has 0 aromatic carbocycles. The summed E-state index contributed by atoms with van der Waals surface area (Å²) in [6.45, 7) is -0.254. The molecule has 2 fully saturated rings. The second-order valence-electron chi connectivity index (χ2n) is 4.87. The van der Waals surface area contributed by atoms with Crippen LogP contribution in [-0.2, 0) is 4.79 Å². The Morgan fingerprint density at radius 3 is 2.38 bits per heavy atom. The first-order chi connectivity index (χ1) is 7.48. The Hall–Kier alpha value is -0.710. The monoisotopic (exact) mass is 233 g/mol. The van der Waals surface area contributed by atoms with Crippen molar-refractivity contribution < 1.29 is 18.7 Å². The fraction of sp³-hybridized carbons (Fsp3) is 0.909. The van der Waals surface area contributed by atoms with Crippen molar-refractivity contribution in [1.29, 1.82) is 0 Å². The zero-order valence-corrected chi connectivity index (χ0v) is 9.16. The van der Waals surface area contributed by atoms with Gasteiger partial charge in [0.15, 0.2) is 0 Å². The zero-order chi connectivity index (χ0) is 11.8. The Kier molecular flexibility index (Phi) is 3.15. The van der Waals surface area contributed by atoms with Crippen LogP contribution in [0.3, 0.4) is 0 Å². The molecule has 1 amide bonds. The number of carbonyl (C=O) groups excluding carboxylic acids is 1. The lowest BCUT2D eigenvalue weighted by molar-refractivity contribution is -0.137. The highest BCUT2D eigenvalue weighted by Crippen LogP contribution is 2.31. The molecule has 0 radical (unpaired) electrons. The van der Waals surface area contributed by atoms with Crippen LogP contribution in [0.1, 0.15) is 32.1 Å². The van der Waals surface area contributed by atoms with Crippen molar-refractivity contribution in [3.63, 3.8) is 0 Å². The summed E-state index contributed by atoms with van der Waals surface area (Å²) in [5.74, 6) is -3.01. The number of amides is 1. The third-order valence-electron chi connectivity index (χ3n) is 3.53. The van der Waals surface area contributed by atoms with Gasteiger partial charge in [-0.3, -0.25) is 4.79 Å². The van der Waals surface area contributed by atoms with Gasteiger partial charge in [-0.15, -0.1) is 0 Å². The average molecular weight is 233 g/mol. The largest absolute Gasteiger partial charge is 0.393 e. The van der Waals surface area contributed by atoms with E-state index in [9.17, 15) is 18.7 Å². The van der Waals surface area contributed by atoms with Crippen LogP contribution in [-0.4, -0.2) is 41.0 Å². The predicted octanol–water partition coefficient (Wildman–Crippen LogP) is 1.41. The van der Waals surface area contributed by atoms with Crippen LogP contribution in [0.4, 0.5) is 8.78 Å². The highest BCUT2D eigenvalue weighted by Gasteiger charge is 2.42. The van der Waals surface area contributed by atoms with Gasteiger partial charge in [0.2, 0.25) is 5.91 Å². The number of carbonyl (C=O) groups is 1. The molecule has 1 aliphatic heterocycles. The smallest absolute Gasteiger partial charge is 0.267 e. The Balaban J connectivity index is 1.89. The number of likely N-dealkylation sites (tertiary alicyclic amines) is 1. The summed E-state index contributed by atoms with van der Waals surface area (Å²) in [5.41, 5.74) is 0. The number of aliphatic hydroxyl groups excluding tert-OH is 1. The number of rotatable bonds is 1. The molecule has 16 heavy (non-hydrogen) atoms. The number of alkyl halides is 2. The van der Waals surface area contributed by atoms with E-state index in [1.807, 2.05) is 0 Å². The van der Waals surface area contributed by atoms with Gasteiger partial charge in [0, 0.05) is 18.9 Å². The molecule has 3 nitrogen and oxygen atoms in total. The topological polar surface area (TPSA) is 40.5 Å². The number of hydrogen-bond acceptors (Lipinski definition) is 2. The van der Waals surface area contributed by atoms with E-state index in [0.717, 1.165) is 0 Å². The van der Waals surface area contributed by atoms with E-state index in [-0.39, 0.29) is 30.9 Å². The molecule has 2 rings (SSSR count). The molecule has 0 spiro atoms. The number of hydrogen-bond donors (Lipinski definition) is 1. The quantitative estimate of drug-likeness (QED) is 0.743. The van der Waals surface area contributed by atoms with Gasteiger partial charge in [-0.2, -0.15) is 0 Å². The maximum absolute atomic E-state index is 13.0. The van der Waals surface area contributed by atoms with Gasteiger partial charge in [0.1, 0.15) is 0 Å². The molecule has 1 N–H and O–H groups in total. The second kappa shape index (κ2) is 4.28. The molecular formula is C11H17F2NO2. The number of aliphatic hydroxyl groups is 1. The van der Waals surface area contributed by atoms with Crippen molar-refractivity contribution in [3.8, 4) is 0 Å². The molecule has 1 saturated carbocycles. The highest BCUT2D eigenvalue weighted by atomic mass is 19.3. The van der Waals surface area contributed by atoms with E-state index in [0.29, 0.717) is 25.7 Å². The van der Waals surface area contributed by atoms with Crippen LogP contribution >= 0.6 is 0 Å². The Morgan fingerprint density at radius 1 is 1.25 bits per heavy atom. The molecule has 1 heterocycles. The number of nitrogens with zero attached hydrogens (tertiary/aromatic N) is 1.